The van der Waals surface area contributed by atoms with E-state index >= 15 is 0 Å². The second-order valence-electron chi connectivity index (χ2n) is 16.5. The first-order valence-corrected chi connectivity index (χ1v) is 15.5. The Labute approximate surface area is 232 Å². The summed E-state index contributed by atoms with van der Waals surface area (Å²) in [6.07, 6.45) is 12.1. The van der Waals surface area contributed by atoms with Crippen molar-refractivity contribution in [1.29, 1.82) is 0 Å². The highest BCUT2D eigenvalue weighted by molar-refractivity contribution is 5.69. The second-order valence-corrected chi connectivity index (χ2v) is 16.5. The summed E-state index contributed by atoms with van der Waals surface area (Å²) in [5, 5.41) is 14.4. The maximum atomic E-state index is 13.2. The highest BCUT2D eigenvalue weighted by Gasteiger charge is 2.70. The SMILES string of the molecule is C=C(C)[C@@H]1CC[C@]2(NC(=O)OC(C)(C)C)CC[C@]3(C)[C@H](CC[C@@H]4[C@@]5(C)CC=C(O)C(C)(C)[C@@H]5CC[C@]43C)[C@@H]12. The minimum atomic E-state index is -0.498. The first-order chi connectivity index (χ1) is 17.4. The van der Waals surface area contributed by atoms with Gasteiger partial charge in [0, 0.05) is 11.0 Å². The van der Waals surface area contributed by atoms with Crippen molar-refractivity contribution in [3.05, 3.63) is 24.0 Å². The van der Waals surface area contributed by atoms with Crippen molar-refractivity contribution in [3.63, 3.8) is 0 Å². The second kappa shape index (κ2) is 8.53. The average Bonchev–Trinajstić information content (AvgIpc) is 3.15. The quantitative estimate of drug-likeness (QED) is 0.354. The van der Waals surface area contributed by atoms with Gasteiger partial charge in [0.05, 0.1) is 5.76 Å². The molecule has 0 radical (unpaired) electrons. The van der Waals surface area contributed by atoms with Crippen LogP contribution >= 0.6 is 0 Å². The number of rotatable bonds is 2. The Hall–Kier alpha value is -1.45. The molecule has 0 aromatic heterocycles. The maximum absolute atomic E-state index is 13.2. The summed E-state index contributed by atoms with van der Waals surface area (Å²) in [6, 6.07) is 0. The van der Waals surface area contributed by atoms with Gasteiger partial charge < -0.3 is 15.2 Å². The molecule has 9 atom stereocenters. The lowest BCUT2D eigenvalue weighted by Crippen LogP contribution is -2.68. The Bertz CT molecular complexity index is 1040. The molecule has 4 nitrogen and oxygen atoms in total. The third-order valence-corrected chi connectivity index (χ3v) is 13.3. The van der Waals surface area contributed by atoms with Crippen molar-refractivity contribution in [1.82, 2.24) is 5.32 Å². The molecule has 0 spiro atoms. The summed E-state index contributed by atoms with van der Waals surface area (Å²) < 4.78 is 5.81. The normalized spacial score (nSPS) is 47.5. The molecular formula is C34H55NO3. The molecule has 38 heavy (non-hydrogen) atoms. The zero-order valence-electron chi connectivity index (χ0n) is 25.8. The van der Waals surface area contributed by atoms with Gasteiger partial charge in [-0.05, 0) is 137 Å². The van der Waals surface area contributed by atoms with E-state index in [2.05, 4.69) is 59.5 Å². The number of carbonyl (C=O) groups excluding carboxylic acids is 1. The molecule has 5 aliphatic rings. The van der Waals surface area contributed by atoms with Gasteiger partial charge in [0.1, 0.15) is 5.60 Å². The number of carbonyl (C=O) groups is 1. The molecule has 1 amide bonds. The van der Waals surface area contributed by atoms with Crippen molar-refractivity contribution in [2.75, 3.05) is 0 Å². The molecule has 4 fully saturated rings. The Morgan fingerprint density at radius 2 is 1.66 bits per heavy atom. The molecule has 2 N–H and O–H groups in total. The molecular weight excluding hydrogens is 470 g/mol. The number of nitrogens with one attached hydrogen (secondary N) is 1. The molecule has 0 aliphatic heterocycles. The summed E-state index contributed by atoms with van der Waals surface area (Å²) in [4.78, 5) is 13.2. The number of amides is 1. The predicted molar refractivity (Wildman–Crippen MR) is 155 cm³/mol. The monoisotopic (exact) mass is 525 g/mol. The van der Waals surface area contributed by atoms with E-state index in [9.17, 15) is 9.90 Å². The Morgan fingerprint density at radius 3 is 2.29 bits per heavy atom. The van der Waals surface area contributed by atoms with Gasteiger partial charge >= 0.3 is 6.09 Å². The number of ether oxygens (including phenoxy) is 1. The topological polar surface area (TPSA) is 58.6 Å². The molecule has 0 saturated heterocycles. The zero-order chi connectivity index (χ0) is 28.1. The van der Waals surface area contributed by atoms with Gasteiger partial charge in [-0.2, -0.15) is 0 Å². The number of aliphatic hydroxyl groups is 1. The molecule has 0 bridgehead atoms. The minimum Gasteiger partial charge on any atom is -0.512 e. The summed E-state index contributed by atoms with van der Waals surface area (Å²) in [5.74, 6) is 3.21. The fourth-order valence-corrected chi connectivity index (χ4v) is 11.5. The van der Waals surface area contributed by atoms with Crippen LogP contribution in [0, 0.1) is 51.2 Å². The molecule has 0 unspecified atom stereocenters. The number of allylic oxidation sites excluding steroid dienone is 3. The molecule has 5 aliphatic carbocycles. The summed E-state index contributed by atoms with van der Waals surface area (Å²) in [5.41, 5.74) is 1.12. The molecule has 214 valence electrons. The summed E-state index contributed by atoms with van der Waals surface area (Å²) >= 11 is 0. The summed E-state index contributed by atoms with van der Waals surface area (Å²) in [7, 11) is 0. The van der Waals surface area contributed by atoms with Crippen molar-refractivity contribution >= 4 is 6.09 Å². The van der Waals surface area contributed by atoms with E-state index in [1.165, 1.54) is 31.3 Å². The van der Waals surface area contributed by atoms with Crippen LogP contribution in [-0.4, -0.2) is 22.3 Å². The van der Waals surface area contributed by atoms with Crippen LogP contribution in [0.2, 0.25) is 0 Å². The van der Waals surface area contributed by atoms with Crippen LogP contribution in [-0.2, 0) is 4.74 Å². The van der Waals surface area contributed by atoms with Crippen LogP contribution in [0.15, 0.2) is 24.0 Å². The van der Waals surface area contributed by atoms with E-state index < -0.39 is 5.60 Å². The molecule has 0 aromatic rings. The van der Waals surface area contributed by atoms with Crippen molar-refractivity contribution in [2.45, 2.75) is 131 Å². The molecule has 0 heterocycles. The predicted octanol–water partition coefficient (Wildman–Crippen LogP) is 8.97. The molecule has 0 aromatic carbocycles. The van der Waals surface area contributed by atoms with Crippen molar-refractivity contribution in [3.8, 4) is 0 Å². The lowest BCUT2D eigenvalue weighted by molar-refractivity contribution is -0.223. The van der Waals surface area contributed by atoms with Gasteiger partial charge in [-0.15, -0.1) is 0 Å². The maximum Gasteiger partial charge on any atom is 0.408 e. The van der Waals surface area contributed by atoms with Gasteiger partial charge in [-0.3, -0.25) is 0 Å². The van der Waals surface area contributed by atoms with Gasteiger partial charge in [0.25, 0.3) is 0 Å². The van der Waals surface area contributed by atoms with Gasteiger partial charge in [-0.25, -0.2) is 4.79 Å². The fourth-order valence-electron chi connectivity index (χ4n) is 11.5. The number of alkyl carbamates (subject to hydrolysis) is 1. The van der Waals surface area contributed by atoms with Crippen LogP contribution < -0.4 is 5.32 Å². The van der Waals surface area contributed by atoms with Crippen molar-refractivity contribution < 1.29 is 14.6 Å². The highest BCUT2D eigenvalue weighted by atomic mass is 16.6. The highest BCUT2D eigenvalue weighted by Crippen LogP contribution is 2.76. The molecule has 4 heteroatoms. The van der Waals surface area contributed by atoms with Crippen LogP contribution in [0.5, 0.6) is 0 Å². The smallest absolute Gasteiger partial charge is 0.408 e. The van der Waals surface area contributed by atoms with Crippen LogP contribution in [0.1, 0.15) is 120 Å². The van der Waals surface area contributed by atoms with E-state index in [1.807, 2.05) is 20.8 Å². The third kappa shape index (κ3) is 3.77. The Kier molecular flexibility index (Phi) is 6.30. The number of fused-ring (bicyclic) bond motifs is 7. The largest absolute Gasteiger partial charge is 0.512 e. The standard InChI is InChI=1S/C34H55NO3/c1-21(2)22-13-18-34(35-28(37)38-29(3,4)5)20-19-32(9)23(27(22)34)11-12-25-31(8)16-15-26(36)30(6,7)24(31)14-17-33(25,32)10/h15,22-25,27,36H,1,11-14,16-20H2,2-10H3,(H,35,37)/t22-,23+,24-,25+,27+,31-,32+,33+,34-/m0/s1. The zero-order valence-corrected chi connectivity index (χ0v) is 25.8. The minimum absolute atomic E-state index is 0.151. The summed E-state index contributed by atoms with van der Waals surface area (Å²) in [6.45, 7) is 24.9. The number of hydrogen-bond acceptors (Lipinski definition) is 3. The lowest BCUT2D eigenvalue weighted by Gasteiger charge is -2.72. The first kappa shape index (κ1) is 28.1. The van der Waals surface area contributed by atoms with E-state index in [4.69, 9.17) is 4.74 Å². The number of aliphatic hydroxyl groups excluding tert-OH is 1. The van der Waals surface area contributed by atoms with Crippen LogP contribution in [0.3, 0.4) is 0 Å². The van der Waals surface area contributed by atoms with E-state index in [-0.39, 0.29) is 33.3 Å². The van der Waals surface area contributed by atoms with E-state index in [0.29, 0.717) is 35.3 Å². The van der Waals surface area contributed by atoms with Gasteiger partial charge in [0.2, 0.25) is 0 Å². The van der Waals surface area contributed by atoms with Crippen LogP contribution in [0.25, 0.3) is 0 Å². The Morgan fingerprint density at radius 1 is 0.974 bits per heavy atom. The van der Waals surface area contributed by atoms with Crippen molar-refractivity contribution in [2.24, 2.45) is 51.2 Å². The Balaban J connectivity index is 1.52. The number of hydrogen-bond donors (Lipinski definition) is 2. The lowest BCUT2D eigenvalue weighted by atomic mass is 9.33. The third-order valence-electron chi connectivity index (χ3n) is 13.3. The molecule has 5 rings (SSSR count). The fraction of sp³-hybridized carbons (Fsp3) is 0.853. The van der Waals surface area contributed by atoms with E-state index in [0.717, 1.165) is 32.1 Å². The van der Waals surface area contributed by atoms with Crippen LogP contribution in [0.4, 0.5) is 4.79 Å². The first-order valence-electron chi connectivity index (χ1n) is 15.5. The van der Waals surface area contributed by atoms with Gasteiger partial charge in [0.15, 0.2) is 0 Å². The molecule has 4 saturated carbocycles. The van der Waals surface area contributed by atoms with E-state index in [1.54, 1.807) is 0 Å². The van der Waals surface area contributed by atoms with Gasteiger partial charge in [-0.1, -0.05) is 46.8 Å². The average molecular weight is 526 g/mol.